The minimum atomic E-state index is -0.573. The number of hydrogen-bond acceptors (Lipinski definition) is 7. The van der Waals surface area contributed by atoms with E-state index in [-0.39, 0.29) is 28.8 Å². The van der Waals surface area contributed by atoms with E-state index in [1.54, 1.807) is 24.3 Å². The summed E-state index contributed by atoms with van der Waals surface area (Å²) in [7, 11) is 0. The van der Waals surface area contributed by atoms with Gasteiger partial charge < -0.3 is 4.74 Å². The Labute approximate surface area is 170 Å². The summed E-state index contributed by atoms with van der Waals surface area (Å²) in [6, 6.07) is 9.21. The number of nitrogens with zero attached hydrogens (tertiary/aromatic N) is 3. The van der Waals surface area contributed by atoms with Gasteiger partial charge in [0.25, 0.3) is 17.5 Å². The van der Waals surface area contributed by atoms with Crippen molar-refractivity contribution in [3.63, 3.8) is 0 Å². The van der Waals surface area contributed by atoms with E-state index in [1.165, 1.54) is 29.2 Å². The second-order valence-electron chi connectivity index (χ2n) is 5.80. The van der Waals surface area contributed by atoms with Crippen LogP contribution in [-0.2, 0) is 9.59 Å². The van der Waals surface area contributed by atoms with Crippen molar-refractivity contribution in [1.82, 2.24) is 15.2 Å². The van der Waals surface area contributed by atoms with E-state index in [2.05, 4.69) is 16.9 Å². The van der Waals surface area contributed by atoms with E-state index in [0.29, 0.717) is 11.3 Å². The molecule has 1 saturated heterocycles. The first-order valence-corrected chi connectivity index (χ1v) is 8.68. The van der Waals surface area contributed by atoms with Crippen LogP contribution in [0.4, 0.5) is 5.69 Å². The Morgan fingerprint density at radius 3 is 2.55 bits per heavy atom. The van der Waals surface area contributed by atoms with Gasteiger partial charge in [0.15, 0.2) is 5.11 Å². The Morgan fingerprint density at radius 2 is 1.97 bits per heavy atom. The number of hydrogen-bond donors (Lipinski definition) is 1. The van der Waals surface area contributed by atoms with Crippen molar-refractivity contribution in [3.05, 3.63) is 76.5 Å². The van der Waals surface area contributed by atoms with Gasteiger partial charge in [0.2, 0.25) is 5.88 Å². The first-order valence-electron chi connectivity index (χ1n) is 8.27. The zero-order valence-corrected chi connectivity index (χ0v) is 15.7. The van der Waals surface area contributed by atoms with Crippen molar-refractivity contribution in [3.8, 4) is 11.6 Å². The molecule has 0 atom stereocenters. The van der Waals surface area contributed by atoms with Crippen LogP contribution in [0.3, 0.4) is 0 Å². The number of carbonyl (C=O) groups excluding carboxylic acids is 2. The lowest BCUT2D eigenvalue weighted by Crippen LogP contribution is -2.53. The summed E-state index contributed by atoms with van der Waals surface area (Å²) in [6.45, 7) is 3.76. The van der Waals surface area contributed by atoms with Crippen molar-refractivity contribution in [2.45, 2.75) is 0 Å². The lowest BCUT2D eigenvalue weighted by Gasteiger charge is -2.27. The van der Waals surface area contributed by atoms with E-state index in [0.717, 1.165) is 6.20 Å². The number of amides is 2. The molecule has 1 aliphatic heterocycles. The Balaban J connectivity index is 1.76. The van der Waals surface area contributed by atoms with Gasteiger partial charge in [-0.2, -0.15) is 0 Å². The van der Waals surface area contributed by atoms with Crippen LogP contribution in [-0.4, -0.2) is 38.3 Å². The van der Waals surface area contributed by atoms with Crippen LogP contribution < -0.4 is 10.1 Å². The number of aromatic nitrogens is 1. The number of thiocarbonyl (C=S) groups is 1. The SMILES string of the molecule is C=CCN1C(=O)/C(=C/c2ccc(Oc3ccc([N+](=O)[O-])cn3)cc2)C(=O)NC1=S. The monoisotopic (exact) mass is 410 g/mol. The first kappa shape index (κ1) is 19.8. The lowest BCUT2D eigenvalue weighted by atomic mass is 10.1. The Morgan fingerprint density at radius 1 is 1.24 bits per heavy atom. The first-order chi connectivity index (χ1) is 13.9. The lowest BCUT2D eigenvalue weighted by molar-refractivity contribution is -0.385. The molecule has 1 fully saturated rings. The van der Waals surface area contributed by atoms with E-state index in [4.69, 9.17) is 17.0 Å². The molecule has 10 heteroatoms. The van der Waals surface area contributed by atoms with Crippen LogP contribution in [0.15, 0.2) is 60.8 Å². The fourth-order valence-electron chi connectivity index (χ4n) is 2.45. The van der Waals surface area contributed by atoms with Gasteiger partial charge in [0.05, 0.1) is 4.92 Å². The van der Waals surface area contributed by atoms with Gasteiger partial charge in [0.1, 0.15) is 17.5 Å². The predicted molar refractivity (Wildman–Crippen MR) is 108 cm³/mol. The van der Waals surface area contributed by atoms with Crippen LogP contribution >= 0.6 is 12.2 Å². The molecule has 1 aromatic carbocycles. The molecular weight excluding hydrogens is 396 g/mol. The average molecular weight is 410 g/mol. The minimum absolute atomic E-state index is 0.0383. The molecule has 0 aliphatic carbocycles. The topological polar surface area (TPSA) is 115 Å². The highest BCUT2D eigenvalue weighted by Crippen LogP contribution is 2.23. The fraction of sp³-hybridized carbons (Fsp3) is 0.0526. The normalized spacial score (nSPS) is 15.2. The zero-order chi connectivity index (χ0) is 21.0. The fourth-order valence-corrected chi connectivity index (χ4v) is 2.70. The summed E-state index contributed by atoms with van der Waals surface area (Å²) < 4.78 is 5.53. The maximum absolute atomic E-state index is 12.5. The number of pyridine rings is 1. The molecule has 2 heterocycles. The van der Waals surface area contributed by atoms with Gasteiger partial charge in [-0.05, 0) is 36.0 Å². The summed E-state index contributed by atoms with van der Waals surface area (Å²) in [5.41, 5.74) is 0.407. The predicted octanol–water partition coefficient (Wildman–Crippen LogP) is 2.59. The Hall–Kier alpha value is -3.92. The third-order valence-corrected chi connectivity index (χ3v) is 4.16. The number of carbonyl (C=O) groups is 2. The average Bonchev–Trinajstić information content (AvgIpc) is 2.70. The molecule has 1 aliphatic rings. The molecule has 3 rings (SSSR count). The highest BCUT2D eigenvalue weighted by molar-refractivity contribution is 7.80. The smallest absolute Gasteiger partial charge is 0.287 e. The summed E-state index contributed by atoms with van der Waals surface area (Å²) >= 11 is 5.00. The van der Waals surface area contributed by atoms with Gasteiger partial charge in [-0.15, -0.1) is 6.58 Å². The van der Waals surface area contributed by atoms with Crippen LogP contribution in [0, 0.1) is 10.1 Å². The van der Waals surface area contributed by atoms with Crippen molar-refractivity contribution >= 4 is 40.9 Å². The number of nitrogens with one attached hydrogen (secondary N) is 1. The van der Waals surface area contributed by atoms with Gasteiger partial charge in [-0.25, -0.2) is 4.98 Å². The maximum atomic E-state index is 12.5. The largest absolute Gasteiger partial charge is 0.439 e. The molecular formula is C19H14N4O5S. The second-order valence-corrected chi connectivity index (χ2v) is 6.19. The van der Waals surface area contributed by atoms with Gasteiger partial charge in [-0.3, -0.25) is 29.9 Å². The van der Waals surface area contributed by atoms with E-state index >= 15 is 0 Å². The molecule has 2 aromatic rings. The highest BCUT2D eigenvalue weighted by atomic mass is 32.1. The maximum Gasteiger partial charge on any atom is 0.287 e. The molecule has 0 saturated carbocycles. The van der Waals surface area contributed by atoms with Gasteiger partial charge in [0, 0.05) is 18.7 Å². The van der Waals surface area contributed by atoms with Crippen LogP contribution in [0.5, 0.6) is 11.6 Å². The molecule has 29 heavy (non-hydrogen) atoms. The highest BCUT2D eigenvalue weighted by Gasteiger charge is 2.32. The minimum Gasteiger partial charge on any atom is -0.439 e. The molecule has 1 N–H and O–H groups in total. The molecule has 9 nitrogen and oxygen atoms in total. The summed E-state index contributed by atoms with van der Waals surface area (Å²) in [4.78, 5) is 39.8. The number of nitro groups is 1. The molecule has 146 valence electrons. The van der Waals surface area contributed by atoms with Crippen molar-refractivity contribution < 1.29 is 19.2 Å². The molecule has 0 bridgehead atoms. The Kier molecular flexibility index (Phi) is 5.74. The van der Waals surface area contributed by atoms with Crippen molar-refractivity contribution in [1.29, 1.82) is 0 Å². The van der Waals surface area contributed by atoms with Crippen molar-refractivity contribution in [2.75, 3.05) is 6.54 Å². The molecule has 0 radical (unpaired) electrons. The standard InChI is InChI=1S/C19H14N4O5S/c1-2-9-22-18(25)15(17(24)21-19(22)29)10-12-3-6-14(7-4-12)28-16-8-5-13(11-20-16)23(26)27/h2-8,10-11H,1,9H2,(H,21,24,29)/b15-10+. The third kappa shape index (κ3) is 4.50. The molecule has 0 spiro atoms. The van der Waals surface area contributed by atoms with Crippen LogP contribution in [0.25, 0.3) is 6.08 Å². The second kappa shape index (κ2) is 8.40. The Bertz CT molecular complexity index is 1030. The number of benzene rings is 1. The van der Waals surface area contributed by atoms with Crippen LogP contribution in [0.2, 0.25) is 0 Å². The molecule has 2 amide bonds. The van der Waals surface area contributed by atoms with Gasteiger partial charge in [-0.1, -0.05) is 18.2 Å². The van der Waals surface area contributed by atoms with Crippen LogP contribution in [0.1, 0.15) is 5.56 Å². The summed E-state index contributed by atoms with van der Waals surface area (Å²) in [5, 5.41) is 13.2. The van der Waals surface area contributed by atoms with E-state index < -0.39 is 16.7 Å². The summed E-state index contributed by atoms with van der Waals surface area (Å²) in [6.07, 6.45) is 4.06. The zero-order valence-electron chi connectivity index (χ0n) is 14.9. The molecule has 0 unspecified atom stereocenters. The van der Waals surface area contributed by atoms with E-state index in [1.807, 2.05) is 0 Å². The molecule has 1 aromatic heterocycles. The third-order valence-electron chi connectivity index (χ3n) is 3.84. The summed E-state index contributed by atoms with van der Waals surface area (Å²) in [5.74, 6) is -0.454. The number of rotatable bonds is 6. The van der Waals surface area contributed by atoms with Gasteiger partial charge >= 0.3 is 0 Å². The van der Waals surface area contributed by atoms with E-state index in [9.17, 15) is 19.7 Å². The number of ether oxygens (including phenoxy) is 1. The quantitative estimate of drug-likeness (QED) is 0.194. The van der Waals surface area contributed by atoms with Crippen molar-refractivity contribution in [2.24, 2.45) is 0 Å².